The van der Waals surface area contributed by atoms with Crippen LogP contribution in [0.1, 0.15) is 0 Å². The van der Waals surface area contributed by atoms with Crippen LogP contribution in [0.25, 0.3) is 0 Å². The quantitative estimate of drug-likeness (QED) is 0.528. The highest BCUT2D eigenvalue weighted by Crippen LogP contribution is 2.15. The Hall–Kier alpha value is -2.12. The number of para-hydroxylation sites is 1. The fourth-order valence-corrected chi connectivity index (χ4v) is 2.62. The van der Waals surface area contributed by atoms with Gasteiger partial charge < -0.3 is 20.3 Å². The third-order valence-corrected chi connectivity index (χ3v) is 4.01. The zero-order valence-electron chi connectivity index (χ0n) is 14.2. The molecule has 2 rings (SSSR count). The molecule has 0 aliphatic carbocycles. The summed E-state index contributed by atoms with van der Waals surface area (Å²) in [5.74, 6) is -1.20. The number of hydrogen-bond acceptors (Lipinski definition) is 5. The number of amides is 2. The van der Waals surface area contributed by atoms with Crippen LogP contribution in [0.5, 0.6) is 0 Å². The summed E-state index contributed by atoms with van der Waals surface area (Å²) >= 11 is 0. The van der Waals surface area contributed by atoms with Gasteiger partial charge in [-0.3, -0.25) is 14.5 Å². The first-order valence-corrected chi connectivity index (χ1v) is 8.28. The molecule has 1 aliphatic rings. The zero-order chi connectivity index (χ0) is 17.2. The molecular weight excluding hydrogens is 308 g/mol. The minimum atomic E-state index is -0.610. The molecule has 2 N–H and O–H groups in total. The maximum atomic E-state index is 11.6. The number of carbonyl (C=O) groups is 2. The second kappa shape index (κ2) is 9.89. The van der Waals surface area contributed by atoms with Gasteiger partial charge in [-0.05, 0) is 12.1 Å². The molecule has 0 radical (unpaired) electrons. The number of benzene rings is 1. The second-order valence-electron chi connectivity index (χ2n) is 5.67. The molecular formula is C17H26N4O3. The Kier molecular flexibility index (Phi) is 7.51. The zero-order valence-corrected chi connectivity index (χ0v) is 14.2. The summed E-state index contributed by atoms with van der Waals surface area (Å²) in [4.78, 5) is 27.8. The van der Waals surface area contributed by atoms with E-state index in [9.17, 15) is 9.59 Å². The number of anilines is 1. The van der Waals surface area contributed by atoms with Crippen molar-refractivity contribution in [1.82, 2.24) is 15.5 Å². The van der Waals surface area contributed by atoms with Crippen molar-refractivity contribution in [2.75, 3.05) is 64.4 Å². The SMILES string of the molecule is COCCNC(=O)C(=O)NCCN1CCN(c2ccccc2)CC1. The van der Waals surface area contributed by atoms with Crippen molar-refractivity contribution < 1.29 is 14.3 Å². The molecule has 1 fully saturated rings. The van der Waals surface area contributed by atoms with Crippen LogP contribution in [0.4, 0.5) is 5.69 Å². The summed E-state index contributed by atoms with van der Waals surface area (Å²) in [7, 11) is 1.55. The van der Waals surface area contributed by atoms with Gasteiger partial charge in [-0.15, -0.1) is 0 Å². The summed E-state index contributed by atoms with van der Waals surface area (Å²) in [5, 5.41) is 5.15. The number of ether oxygens (including phenoxy) is 1. The first-order chi connectivity index (χ1) is 11.7. The molecule has 2 amide bonds. The van der Waals surface area contributed by atoms with E-state index in [-0.39, 0.29) is 0 Å². The van der Waals surface area contributed by atoms with E-state index in [1.165, 1.54) is 5.69 Å². The molecule has 0 aromatic heterocycles. The number of methoxy groups -OCH3 is 1. The van der Waals surface area contributed by atoms with Crippen LogP contribution >= 0.6 is 0 Å². The first kappa shape index (κ1) is 18.2. The van der Waals surface area contributed by atoms with Crippen LogP contribution in [-0.4, -0.2) is 76.2 Å². The van der Waals surface area contributed by atoms with E-state index in [0.29, 0.717) is 19.7 Å². The van der Waals surface area contributed by atoms with Gasteiger partial charge in [0.05, 0.1) is 6.61 Å². The molecule has 0 bridgehead atoms. The van der Waals surface area contributed by atoms with Gasteiger partial charge in [-0.2, -0.15) is 0 Å². The third kappa shape index (κ3) is 5.82. The van der Waals surface area contributed by atoms with Crippen molar-refractivity contribution in [2.24, 2.45) is 0 Å². The Balaban J connectivity index is 1.61. The predicted octanol–water partition coefficient (Wildman–Crippen LogP) is -0.313. The largest absolute Gasteiger partial charge is 0.383 e. The van der Waals surface area contributed by atoms with E-state index in [1.54, 1.807) is 7.11 Å². The smallest absolute Gasteiger partial charge is 0.309 e. The maximum Gasteiger partial charge on any atom is 0.309 e. The summed E-state index contributed by atoms with van der Waals surface area (Å²) in [6.07, 6.45) is 0. The molecule has 1 aliphatic heterocycles. The van der Waals surface area contributed by atoms with Crippen LogP contribution in [0.15, 0.2) is 30.3 Å². The average molecular weight is 334 g/mol. The molecule has 0 atom stereocenters. The van der Waals surface area contributed by atoms with Gasteiger partial charge >= 0.3 is 11.8 Å². The molecule has 1 aromatic rings. The number of hydrogen-bond donors (Lipinski definition) is 2. The normalized spacial score (nSPS) is 15.1. The standard InChI is InChI=1S/C17H26N4O3/c1-24-14-8-19-17(23)16(22)18-7-9-20-10-12-21(13-11-20)15-5-3-2-4-6-15/h2-6H,7-14H2,1H3,(H,18,22)(H,19,23). The minimum Gasteiger partial charge on any atom is -0.383 e. The predicted molar refractivity (Wildman–Crippen MR) is 93.0 cm³/mol. The van der Waals surface area contributed by atoms with Crippen molar-refractivity contribution in [1.29, 1.82) is 0 Å². The van der Waals surface area contributed by atoms with Crippen LogP contribution in [-0.2, 0) is 14.3 Å². The summed E-state index contributed by atoms with van der Waals surface area (Å²) in [6, 6.07) is 10.4. The molecule has 7 heteroatoms. The number of nitrogens with zero attached hydrogens (tertiary/aromatic N) is 2. The average Bonchev–Trinajstić information content (AvgIpc) is 2.63. The van der Waals surface area contributed by atoms with Gasteiger partial charge in [-0.1, -0.05) is 18.2 Å². The van der Waals surface area contributed by atoms with Crippen LogP contribution in [0.3, 0.4) is 0 Å². The van der Waals surface area contributed by atoms with E-state index in [2.05, 4.69) is 44.7 Å². The Morgan fingerprint density at radius 2 is 1.62 bits per heavy atom. The van der Waals surface area contributed by atoms with Crippen molar-refractivity contribution in [3.8, 4) is 0 Å². The third-order valence-electron chi connectivity index (χ3n) is 4.01. The first-order valence-electron chi connectivity index (χ1n) is 8.28. The Bertz CT molecular complexity index is 516. The highest BCUT2D eigenvalue weighted by molar-refractivity contribution is 6.35. The molecule has 0 spiro atoms. The molecule has 1 heterocycles. The van der Waals surface area contributed by atoms with Crippen molar-refractivity contribution in [3.63, 3.8) is 0 Å². The highest BCUT2D eigenvalue weighted by atomic mass is 16.5. The lowest BCUT2D eigenvalue weighted by atomic mass is 10.2. The second-order valence-corrected chi connectivity index (χ2v) is 5.67. The van der Waals surface area contributed by atoms with Gasteiger partial charge in [0.25, 0.3) is 0 Å². The van der Waals surface area contributed by atoms with Gasteiger partial charge in [0, 0.05) is 58.6 Å². The van der Waals surface area contributed by atoms with Crippen molar-refractivity contribution >= 4 is 17.5 Å². The van der Waals surface area contributed by atoms with Crippen molar-refractivity contribution in [2.45, 2.75) is 0 Å². The summed E-state index contributed by atoms with van der Waals surface area (Å²) in [5.41, 5.74) is 1.25. The molecule has 24 heavy (non-hydrogen) atoms. The number of piperazine rings is 1. The Labute approximate surface area is 142 Å². The molecule has 0 unspecified atom stereocenters. The highest BCUT2D eigenvalue weighted by Gasteiger charge is 2.17. The van der Waals surface area contributed by atoms with Gasteiger partial charge in [0.1, 0.15) is 0 Å². The van der Waals surface area contributed by atoms with Gasteiger partial charge in [0.2, 0.25) is 0 Å². The Morgan fingerprint density at radius 1 is 1.00 bits per heavy atom. The Morgan fingerprint density at radius 3 is 2.25 bits per heavy atom. The molecule has 1 saturated heterocycles. The lowest BCUT2D eigenvalue weighted by Gasteiger charge is -2.36. The lowest BCUT2D eigenvalue weighted by Crippen LogP contribution is -2.49. The van der Waals surface area contributed by atoms with E-state index >= 15 is 0 Å². The van der Waals surface area contributed by atoms with Crippen LogP contribution in [0, 0.1) is 0 Å². The van der Waals surface area contributed by atoms with E-state index in [4.69, 9.17) is 4.74 Å². The lowest BCUT2D eigenvalue weighted by molar-refractivity contribution is -0.139. The van der Waals surface area contributed by atoms with E-state index in [0.717, 1.165) is 32.7 Å². The fourth-order valence-electron chi connectivity index (χ4n) is 2.62. The number of carbonyl (C=O) groups excluding carboxylic acids is 2. The van der Waals surface area contributed by atoms with Crippen LogP contribution in [0.2, 0.25) is 0 Å². The van der Waals surface area contributed by atoms with E-state index in [1.807, 2.05) is 6.07 Å². The molecule has 132 valence electrons. The minimum absolute atomic E-state index is 0.337. The van der Waals surface area contributed by atoms with Crippen LogP contribution < -0.4 is 15.5 Å². The summed E-state index contributed by atoms with van der Waals surface area (Å²) < 4.78 is 4.82. The number of rotatable bonds is 7. The maximum absolute atomic E-state index is 11.6. The van der Waals surface area contributed by atoms with E-state index < -0.39 is 11.8 Å². The van der Waals surface area contributed by atoms with Gasteiger partial charge in [-0.25, -0.2) is 0 Å². The number of nitrogens with one attached hydrogen (secondary N) is 2. The monoisotopic (exact) mass is 334 g/mol. The molecule has 1 aromatic carbocycles. The molecule has 0 saturated carbocycles. The van der Waals surface area contributed by atoms with Gasteiger partial charge in [0.15, 0.2) is 0 Å². The summed E-state index contributed by atoms with van der Waals surface area (Å²) in [6.45, 7) is 5.79. The topological polar surface area (TPSA) is 73.9 Å². The van der Waals surface area contributed by atoms with Crippen molar-refractivity contribution in [3.05, 3.63) is 30.3 Å². The molecule has 7 nitrogen and oxygen atoms in total. The fraction of sp³-hybridized carbons (Fsp3) is 0.529.